The lowest BCUT2D eigenvalue weighted by Gasteiger charge is -2.15. The van der Waals surface area contributed by atoms with Gasteiger partial charge in [0.2, 0.25) is 0 Å². The van der Waals surface area contributed by atoms with Gasteiger partial charge in [-0.1, -0.05) is 45.0 Å². The molecule has 0 aliphatic heterocycles. The van der Waals surface area contributed by atoms with Crippen LogP contribution in [0.2, 0.25) is 5.02 Å². The van der Waals surface area contributed by atoms with E-state index in [9.17, 15) is 0 Å². The highest BCUT2D eigenvalue weighted by atomic mass is 79.9. The Balaban J connectivity index is 2.24. The first-order chi connectivity index (χ1) is 9.15. The molecule has 1 atom stereocenters. The second-order valence-corrected chi connectivity index (χ2v) is 6.21. The van der Waals surface area contributed by atoms with Crippen molar-refractivity contribution in [2.24, 2.45) is 5.84 Å². The molecule has 102 valence electrons. The van der Waals surface area contributed by atoms with Crippen LogP contribution < -0.4 is 11.3 Å². The number of hydrazine groups is 1. The summed E-state index contributed by atoms with van der Waals surface area (Å²) >= 11 is 11.0. The van der Waals surface area contributed by atoms with Gasteiger partial charge in [-0.25, -0.2) is 0 Å². The largest absolute Gasteiger partial charge is 0.271 e. The third kappa shape index (κ3) is 3.52. The Morgan fingerprint density at radius 3 is 2.95 bits per heavy atom. The zero-order valence-corrected chi connectivity index (χ0v) is 13.5. The van der Waals surface area contributed by atoms with Crippen LogP contribution in [-0.2, 0) is 12.8 Å². The molecule has 4 nitrogen and oxygen atoms in total. The maximum atomic E-state index is 6.24. The number of nitrogens with two attached hydrogens (primary N) is 1. The van der Waals surface area contributed by atoms with Crippen molar-refractivity contribution in [3.05, 3.63) is 43.8 Å². The normalized spacial score (nSPS) is 12.6. The van der Waals surface area contributed by atoms with Gasteiger partial charge in [-0.2, -0.15) is 0 Å². The molecule has 0 saturated heterocycles. The number of hydrogen-bond acceptors (Lipinski definition) is 5. The average Bonchev–Trinajstić information content (AvgIpc) is 2.86. The van der Waals surface area contributed by atoms with E-state index in [-0.39, 0.29) is 6.04 Å². The smallest absolute Gasteiger partial charge is 0.0801 e. The minimum absolute atomic E-state index is 0.0198. The summed E-state index contributed by atoms with van der Waals surface area (Å²) in [4.78, 5) is 1.07. The molecule has 0 radical (unpaired) electrons. The van der Waals surface area contributed by atoms with Crippen molar-refractivity contribution in [1.29, 1.82) is 0 Å². The van der Waals surface area contributed by atoms with E-state index >= 15 is 0 Å². The van der Waals surface area contributed by atoms with Crippen LogP contribution in [0.4, 0.5) is 0 Å². The van der Waals surface area contributed by atoms with Crippen LogP contribution in [-0.4, -0.2) is 9.59 Å². The van der Waals surface area contributed by atoms with Crippen molar-refractivity contribution < 1.29 is 0 Å². The van der Waals surface area contributed by atoms with Crippen LogP contribution in [0.15, 0.2) is 22.7 Å². The zero-order valence-electron chi connectivity index (χ0n) is 10.4. The van der Waals surface area contributed by atoms with Crippen molar-refractivity contribution in [3.8, 4) is 0 Å². The highest BCUT2D eigenvalue weighted by Crippen LogP contribution is 2.28. The zero-order chi connectivity index (χ0) is 13.8. The SMILES string of the molecule is CCc1nnsc1C(Cc1ccc(Br)cc1Cl)NN. The molecule has 2 aromatic rings. The van der Waals surface area contributed by atoms with Gasteiger partial charge in [-0.15, -0.1) is 5.10 Å². The van der Waals surface area contributed by atoms with Gasteiger partial charge in [0.1, 0.15) is 0 Å². The molecule has 19 heavy (non-hydrogen) atoms. The molecular formula is C12H14BrClN4S. The van der Waals surface area contributed by atoms with Crippen LogP contribution >= 0.6 is 39.1 Å². The van der Waals surface area contributed by atoms with Crippen molar-refractivity contribution in [3.63, 3.8) is 0 Å². The third-order valence-electron chi connectivity index (χ3n) is 2.88. The number of aromatic nitrogens is 2. The number of halogens is 2. The lowest BCUT2D eigenvalue weighted by molar-refractivity contribution is 0.555. The Labute approximate surface area is 129 Å². The summed E-state index contributed by atoms with van der Waals surface area (Å²) in [5, 5.41) is 4.84. The van der Waals surface area contributed by atoms with Crippen molar-refractivity contribution in [1.82, 2.24) is 15.0 Å². The van der Waals surface area contributed by atoms with Gasteiger partial charge in [0.15, 0.2) is 0 Å². The Morgan fingerprint density at radius 1 is 1.53 bits per heavy atom. The highest BCUT2D eigenvalue weighted by molar-refractivity contribution is 9.10. The number of nitrogens with one attached hydrogen (secondary N) is 1. The lowest BCUT2D eigenvalue weighted by atomic mass is 10.0. The standard InChI is InChI=1S/C12H14BrClN4S/c1-2-10-12(19-18-17-10)11(16-15)5-7-3-4-8(13)6-9(7)14/h3-4,6,11,16H,2,5,15H2,1H3. The second-order valence-electron chi connectivity index (χ2n) is 4.10. The van der Waals surface area contributed by atoms with Crippen LogP contribution in [0, 0.1) is 0 Å². The molecule has 0 amide bonds. The van der Waals surface area contributed by atoms with Gasteiger partial charge in [-0.3, -0.25) is 11.3 Å². The molecule has 1 unspecified atom stereocenters. The molecule has 2 rings (SSSR count). The molecule has 3 N–H and O–H groups in total. The van der Waals surface area contributed by atoms with E-state index in [1.165, 1.54) is 11.5 Å². The number of benzene rings is 1. The number of nitrogens with zero attached hydrogens (tertiary/aromatic N) is 2. The molecule has 0 aliphatic rings. The summed E-state index contributed by atoms with van der Waals surface area (Å²) in [7, 11) is 0. The van der Waals surface area contributed by atoms with Gasteiger partial charge < -0.3 is 0 Å². The van der Waals surface area contributed by atoms with E-state index in [1.54, 1.807) is 0 Å². The van der Waals surface area contributed by atoms with Gasteiger partial charge in [0.05, 0.1) is 16.6 Å². The Kier molecular flexibility index (Phi) is 5.29. The van der Waals surface area contributed by atoms with Crippen LogP contribution in [0.5, 0.6) is 0 Å². The highest BCUT2D eigenvalue weighted by Gasteiger charge is 2.19. The molecule has 0 bridgehead atoms. The van der Waals surface area contributed by atoms with Crippen LogP contribution in [0.1, 0.15) is 29.1 Å². The van der Waals surface area contributed by atoms with Crippen molar-refractivity contribution in [2.75, 3.05) is 0 Å². The fourth-order valence-corrected chi connectivity index (χ4v) is 3.41. The fraction of sp³-hybridized carbons (Fsp3) is 0.333. The number of rotatable bonds is 5. The molecule has 1 aromatic heterocycles. The van der Waals surface area contributed by atoms with Gasteiger partial charge in [0.25, 0.3) is 0 Å². The van der Waals surface area contributed by atoms with Gasteiger partial charge >= 0.3 is 0 Å². The lowest BCUT2D eigenvalue weighted by Crippen LogP contribution is -2.29. The summed E-state index contributed by atoms with van der Waals surface area (Å²) in [6.07, 6.45) is 1.55. The van der Waals surface area contributed by atoms with E-state index in [2.05, 4.69) is 37.9 Å². The maximum absolute atomic E-state index is 6.24. The van der Waals surface area contributed by atoms with E-state index in [4.69, 9.17) is 17.4 Å². The molecule has 0 fully saturated rings. The van der Waals surface area contributed by atoms with E-state index < -0.39 is 0 Å². The summed E-state index contributed by atoms with van der Waals surface area (Å²) in [5.41, 5.74) is 4.86. The fourth-order valence-electron chi connectivity index (χ4n) is 1.86. The van der Waals surface area contributed by atoms with E-state index in [0.29, 0.717) is 6.42 Å². The molecular weight excluding hydrogens is 348 g/mol. The molecule has 7 heteroatoms. The quantitative estimate of drug-likeness (QED) is 0.634. The molecule has 0 spiro atoms. The molecule has 1 heterocycles. The average molecular weight is 362 g/mol. The molecule has 0 aliphatic carbocycles. The van der Waals surface area contributed by atoms with Gasteiger partial charge in [-0.05, 0) is 42.1 Å². The predicted molar refractivity (Wildman–Crippen MR) is 82.2 cm³/mol. The number of hydrogen-bond donors (Lipinski definition) is 2. The first kappa shape index (κ1) is 14.9. The maximum Gasteiger partial charge on any atom is 0.0801 e. The number of aryl methyl sites for hydroxylation is 1. The van der Waals surface area contributed by atoms with Crippen molar-refractivity contribution >= 4 is 39.1 Å². The predicted octanol–water partition coefficient (Wildman–Crippen LogP) is 3.26. The van der Waals surface area contributed by atoms with E-state index in [1.807, 2.05) is 18.2 Å². The monoisotopic (exact) mass is 360 g/mol. The summed E-state index contributed by atoms with van der Waals surface area (Å²) in [6, 6.07) is 5.83. The summed E-state index contributed by atoms with van der Waals surface area (Å²) in [6.45, 7) is 2.06. The Hall–Kier alpha value is -0.530. The molecule has 1 aromatic carbocycles. The first-order valence-corrected chi connectivity index (χ1v) is 7.81. The Bertz CT molecular complexity index is 560. The minimum Gasteiger partial charge on any atom is -0.271 e. The minimum atomic E-state index is -0.0198. The van der Waals surface area contributed by atoms with E-state index in [0.717, 1.165) is 32.1 Å². The summed E-state index contributed by atoms with van der Waals surface area (Å²) in [5.74, 6) is 5.66. The third-order valence-corrected chi connectivity index (χ3v) is 4.60. The second kappa shape index (κ2) is 6.76. The van der Waals surface area contributed by atoms with Crippen LogP contribution in [0.25, 0.3) is 0 Å². The molecule has 0 saturated carbocycles. The van der Waals surface area contributed by atoms with Gasteiger partial charge in [0, 0.05) is 9.50 Å². The Morgan fingerprint density at radius 2 is 2.32 bits per heavy atom. The topological polar surface area (TPSA) is 63.8 Å². The first-order valence-electron chi connectivity index (χ1n) is 5.86. The summed E-state index contributed by atoms with van der Waals surface area (Å²) < 4.78 is 4.96. The van der Waals surface area contributed by atoms with Crippen LogP contribution in [0.3, 0.4) is 0 Å². The van der Waals surface area contributed by atoms with Crippen molar-refractivity contribution in [2.45, 2.75) is 25.8 Å².